The van der Waals surface area contributed by atoms with Crippen molar-refractivity contribution in [3.8, 4) is 11.5 Å². The van der Waals surface area contributed by atoms with E-state index in [0.29, 0.717) is 17.2 Å². The first kappa shape index (κ1) is 19.3. The number of aryl methyl sites for hydroxylation is 1. The number of hydrogen-bond acceptors (Lipinski definition) is 5. The van der Waals surface area contributed by atoms with Crippen molar-refractivity contribution in [1.82, 2.24) is 0 Å². The Balaban J connectivity index is 2.02. The number of carbonyl (C=O) groups excluding carboxylic acids is 2. The van der Waals surface area contributed by atoms with E-state index in [4.69, 9.17) is 14.2 Å². The number of anilines is 1. The summed E-state index contributed by atoms with van der Waals surface area (Å²) < 4.78 is 15.5. The minimum atomic E-state index is -0.953. The summed E-state index contributed by atoms with van der Waals surface area (Å²) in [6.07, 6.45) is -0.0303. The molecule has 1 amide bonds. The Kier molecular flexibility index (Phi) is 6.60. The van der Waals surface area contributed by atoms with Crippen LogP contribution in [-0.2, 0) is 16.0 Å². The lowest BCUT2D eigenvalue weighted by Gasteiger charge is -2.14. The molecule has 2 rings (SSSR count). The maximum absolute atomic E-state index is 12.3. The van der Waals surface area contributed by atoms with Gasteiger partial charge in [-0.15, -0.1) is 0 Å². The zero-order valence-corrected chi connectivity index (χ0v) is 15.4. The lowest BCUT2D eigenvalue weighted by Crippen LogP contribution is -2.30. The fraction of sp³-hybridized carbons (Fsp3) is 0.300. The van der Waals surface area contributed by atoms with Crippen LogP contribution in [-0.4, -0.2) is 32.2 Å². The number of carbonyl (C=O) groups is 2. The van der Waals surface area contributed by atoms with Gasteiger partial charge in [0.15, 0.2) is 6.10 Å². The van der Waals surface area contributed by atoms with Gasteiger partial charge in [0.05, 0.1) is 19.8 Å². The quantitative estimate of drug-likeness (QED) is 0.768. The zero-order valence-electron chi connectivity index (χ0n) is 15.4. The molecule has 0 radical (unpaired) electrons. The van der Waals surface area contributed by atoms with Crippen molar-refractivity contribution in [3.05, 3.63) is 53.6 Å². The first-order valence-electron chi connectivity index (χ1n) is 8.30. The standard InChI is InChI=1S/C20H23NO5/c1-5-14-6-8-16(9-7-14)21-19(22)13(2)26-20(23)15-10-17(24-3)12-18(11-15)25-4/h6-13H,5H2,1-4H3,(H,21,22)/t13-/m0/s1. The van der Waals surface area contributed by atoms with Crippen molar-refractivity contribution in [2.24, 2.45) is 0 Å². The van der Waals surface area contributed by atoms with Gasteiger partial charge < -0.3 is 19.5 Å². The van der Waals surface area contributed by atoms with E-state index in [2.05, 4.69) is 12.2 Å². The number of nitrogens with one attached hydrogen (secondary N) is 1. The summed E-state index contributed by atoms with van der Waals surface area (Å²) in [5.41, 5.74) is 2.07. The summed E-state index contributed by atoms with van der Waals surface area (Å²) in [4.78, 5) is 24.6. The van der Waals surface area contributed by atoms with Crippen LogP contribution in [0.3, 0.4) is 0 Å². The smallest absolute Gasteiger partial charge is 0.339 e. The van der Waals surface area contributed by atoms with E-state index >= 15 is 0 Å². The maximum Gasteiger partial charge on any atom is 0.339 e. The fourth-order valence-electron chi connectivity index (χ4n) is 2.28. The molecule has 0 aliphatic rings. The minimum Gasteiger partial charge on any atom is -0.497 e. The highest BCUT2D eigenvalue weighted by Gasteiger charge is 2.20. The second-order valence-electron chi connectivity index (χ2n) is 5.69. The van der Waals surface area contributed by atoms with Crippen molar-refractivity contribution in [3.63, 3.8) is 0 Å². The van der Waals surface area contributed by atoms with Gasteiger partial charge in [-0.25, -0.2) is 4.79 Å². The molecule has 0 aliphatic carbocycles. The predicted molar refractivity (Wildman–Crippen MR) is 98.9 cm³/mol. The van der Waals surface area contributed by atoms with Crippen molar-refractivity contribution in [2.45, 2.75) is 26.4 Å². The molecule has 0 heterocycles. The molecule has 2 aromatic rings. The van der Waals surface area contributed by atoms with Crippen LogP contribution in [0, 0.1) is 0 Å². The van der Waals surface area contributed by atoms with Gasteiger partial charge in [0.1, 0.15) is 11.5 Å². The Labute approximate surface area is 153 Å². The van der Waals surface area contributed by atoms with Crippen LogP contribution < -0.4 is 14.8 Å². The highest BCUT2D eigenvalue weighted by atomic mass is 16.5. The predicted octanol–water partition coefficient (Wildman–Crippen LogP) is 3.45. The molecule has 0 spiro atoms. The maximum atomic E-state index is 12.3. The number of hydrogen-bond donors (Lipinski definition) is 1. The number of rotatable bonds is 7. The summed E-state index contributed by atoms with van der Waals surface area (Å²) in [5, 5.41) is 2.73. The van der Waals surface area contributed by atoms with Gasteiger partial charge in [-0.3, -0.25) is 4.79 Å². The monoisotopic (exact) mass is 357 g/mol. The highest BCUT2D eigenvalue weighted by molar-refractivity contribution is 5.97. The summed E-state index contributed by atoms with van der Waals surface area (Å²) in [6.45, 7) is 3.58. The third-order valence-corrected chi connectivity index (χ3v) is 3.87. The number of methoxy groups -OCH3 is 2. The minimum absolute atomic E-state index is 0.244. The first-order valence-corrected chi connectivity index (χ1v) is 8.30. The van der Waals surface area contributed by atoms with Gasteiger partial charge in [-0.2, -0.15) is 0 Å². The highest BCUT2D eigenvalue weighted by Crippen LogP contribution is 2.23. The van der Waals surface area contributed by atoms with Gasteiger partial charge in [-0.05, 0) is 43.2 Å². The molecule has 1 atom stereocenters. The molecule has 0 saturated heterocycles. The number of amides is 1. The molecule has 2 aromatic carbocycles. The van der Waals surface area contributed by atoms with E-state index in [0.717, 1.165) is 6.42 Å². The molecule has 1 N–H and O–H groups in total. The Hall–Kier alpha value is -3.02. The summed E-state index contributed by atoms with van der Waals surface area (Å²) in [6, 6.07) is 12.2. The molecule has 0 unspecified atom stereocenters. The van der Waals surface area contributed by atoms with E-state index in [9.17, 15) is 9.59 Å². The van der Waals surface area contributed by atoms with Crippen LogP contribution in [0.1, 0.15) is 29.8 Å². The molecular formula is C20H23NO5. The summed E-state index contributed by atoms with van der Waals surface area (Å²) >= 11 is 0. The first-order chi connectivity index (χ1) is 12.5. The molecule has 0 aromatic heterocycles. The average Bonchev–Trinajstić information content (AvgIpc) is 2.67. The number of esters is 1. The van der Waals surface area contributed by atoms with E-state index in [-0.39, 0.29) is 5.56 Å². The topological polar surface area (TPSA) is 73.9 Å². The lowest BCUT2D eigenvalue weighted by molar-refractivity contribution is -0.123. The molecule has 6 nitrogen and oxygen atoms in total. The van der Waals surface area contributed by atoms with Crippen LogP contribution in [0.5, 0.6) is 11.5 Å². The molecule has 26 heavy (non-hydrogen) atoms. The summed E-state index contributed by atoms with van der Waals surface area (Å²) in [7, 11) is 2.98. The Morgan fingerprint density at radius 3 is 2.08 bits per heavy atom. The third kappa shape index (κ3) is 4.99. The SMILES string of the molecule is CCc1ccc(NC(=O)[C@H](C)OC(=O)c2cc(OC)cc(OC)c2)cc1. The van der Waals surface area contributed by atoms with Crippen LogP contribution in [0.15, 0.2) is 42.5 Å². The van der Waals surface area contributed by atoms with Gasteiger partial charge in [0.25, 0.3) is 5.91 Å². The van der Waals surface area contributed by atoms with Gasteiger partial charge in [-0.1, -0.05) is 19.1 Å². The molecule has 0 bridgehead atoms. The van der Waals surface area contributed by atoms with E-state index in [1.54, 1.807) is 6.07 Å². The van der Waals surface area contributed by atoms with Crippen LogP contribution >= 0.6 is 0 Å². The van der Waals surface area contributed by atoms with Crippen LogP contribution in [0.2, 0.25) is 0 Å². The lowest BCUT2D eigenvalue weighted by atomic mass is 10.1. The average molecular weight is 357 g/mol. The van der Waals surface area contributed by atoms with Crippen LogP contribution in [0.25, 0.3) is 0 Å². The van der Waals surface area contributed by atoms with Crippen molar-refractivity contribution in [2.75, 3.05) is 19.5 Å². The molecule has 0 aliphatic heterocycles. The summed E-state index contributed by atoms with van der Waals surface area (Å²) in [5.74, 6) is -0.113. The van der Waals surface area contributed by atoms with Gasteiger partial charge in [0, 0.05) is 11.8 Å². The Morgan fingerprint density at radius 1 is 1.00 bits per heavy atom. The molecular weight excluding hydrogens is 334 g/mol. The van der Waals surface area contributed by atoms with E-state index < -0.39 is 18.0 Å². The van der Waals surface area contributed by atoms with Crippen molar-refractivity contribution in [1.29, 1.82) is 0 Å². The normalized spacial score (nSPS) is 11.4. The second-order valence-corrected chi connectivity index (χ2v) is 5.69. The largest absolute Gasteiger partial charge is 0.497 e. The number of ether oxygens (including phenoxy) is 3. The Bertz CT molecular complexity index is 748. The zero-order chi connectivity index (χ0) is 19.1. The molecule has 0 saturated carbocycles. The van der Waals surface area contributed by atoms with Gasteiger partial charge >= 0.3 is 5.97 Å². The van der Waals surface area contributed by atoms with Crippen molar-refractivity contribution < 1.29 is 23.8 Å². The third-order valence-electron chi connectivity index (χ3n) is 3.87. The Morgan fingerprint density at radius 2 is 1.58 bits per heavy atom. The van der Waals surface area contributed by atoms with Gasteiger partial charge in [0.2, 0.25) is 0 Å². The number of benzene rings is 2. The van der Waals surface area contributed by atoms with E-state index in [1.165, 1.54) is 38.8 Å². The molecule has 0 fully saturated rings. The fourth-order valence-corrected chi connectivity index (χ4v) is 2.28. The molecule has 6 heteroatoms. The van der Waals surface area contributed by atoms with Crippen molar-refractivity contribution >= 4 is 17.6 Å². The van der Waals surface area contributed by atoms with Crippen LogP contribution in [0.4, 0.5) is 5.69 Å². The second kappa shape index (κ2) is 8.89. The van der Waals surface area contributed by atoms with E-state index in [1.807, 2.05) is 24.3 Å². The molecule has 138 valence electrons.